The van der Waals surface area contributed by atoms with E-state index in [2.05, 4.69) is 15.9 Å². The van der Waals surface area contributed by atoms with Gasteiger partial charge in [-0.3, -0.25) is 4.79 Å². The number of carboxylic acid groups (broad SMARTS) is 1. The summed E-state index contributed by atoms with van der Waals surface area (Å²) in [5.74, 6) is -1.84. The number of rotatable bonds is 3. The summed E-state index contributed by atoms with van der Waals surface area (Å²) in [5.41, 5.74) is 2.27. The minimum Gasteiger partial charge on any atom is -0.481 e. The Morgan fingerprint density at radius 2 is 2.12 bits per heavy atom. The molecule has 0 fully saturated rings. The third-order valence-corrected chi connectivity index (χ3v) is 3.37. The van der Waals surface area contributed by atoms with Crippen molar-refractivity contribution < 1.29 is 14.3 Å². The van der Waals surface area contributed by atoms with Crippen LogP contribution in [0, 0.1) is 25.6 Å². The summed E-state index contributed by atoms with van der Waals surface area (Å²) in [6.45, 7) is 5.28. The smallest absolute Gasteiger partial charge is 0.306 e. The summed E-state index contributed by atoms with van der Waals surface area (Å²) in [6, 6.07) is 1.71. The van der Waals surface area contributed by atoms with E-state index in [1.165, 1.54) is 0 Å². The van der Waals surface area contributed by atoms with Gasteiger partial charge in [0.15, 0.2) is 0 Å². The van der Waals surface area contributed by atoms with Crippen molar-refractivity contribution in [2.45, 2.75) is 27.2 Å². The van der Waals surface area contributed by atoms with Crippen molar-refractivity contribution in [3.05, 3.63) is 33.0 Å². The monoisotopic (exact) mass is 288 g/mol. The molecule has 16 heavy (non-hydrogen) atoms. The molecule has 0 aliphatic heterocycles. The molecular formula is C12H14BrFO2. The lowest BCUT2D eigenvalue weighted by Crippen LogP contribution is -2.14. The average Bonchev–Trinajstić information content (AvgIpc) is 2.21. The molecule has 1 atom stereocenters. The molecule has 2 nitrogen and oxygen atoms in total. The van der Waals surface area contributed by atoms with Gasteiger partial charge in [-0.1, -0.05) is 6.92 Å². The zero-order chi connectivity index (χ0) is 12.5. The molecule has 1 N–H and O–H groups in total. The Labute approximate surface area is 103 Å². The Bertz CT molecular complexity index is 403. The summed E-state index contributed by atoms with van der Waals surface area (Å²) < 4.78 is 14.2. The van der Waals surface area contributed by atoms with Gasteiger partial charge >= 0.3 is 5.97 Å². The van der Waals surface area contributed by atoms with Crippen LogP contribution in [-0.2, 0) is 11.2 Å². The molecule has 1 aromatic rings. The highest BCUT2D eigenvalue weighted by Crippen LogP contribution is 2.27. The molecule has 1 aromatic carbocycles. The van der Waals surface area contributed by atoms with Gasteiger partial charge in [0.1, 0.15) is 5.82 Å². The fourth-order valence-electron chi connectivity index (χ4n) is 1.54. The van der Waals surface area contributed by atoms with Gasteiger partial charge in [-0.25, -0.2) is 4.39 Å². The van der Waals surface area contributed by atoms with Crippen molar-refractivity contribution in [2.75, 3.05) is 0 Å². The summed E-state index contributed by atoms with van der Waals surface area (Å²) in [4.78, 5) is 10.8. The highest BCUT2D eigenvalue weighted by Gasteiger charge is 2.18. The molecule has 0 saturated heterocycles. The second-order valence-electron chi connectivity index (χ2n) is 4.04. The van der Waals surface area contributed by atoms with Crippen LogP contribution < -0.4 is 0 Å². The molecule has 4 heteroatoms. The van der Waals surface area contributed by atoms with E-state index in [-0.39, 0.29) is 12.2 Å². The van der Waals surface area contributed by atoms with Gasteiger partial charge in [0.2, 0.25) is 0 Å². The summed E-state index contributed by atoms with van der Waals surface area (Å²) in [7, 11) is 0. The van der Waals surface area contributed by atoms with Crippen LogP contribution in [0.4, 0.5) is 4.39 Å². The van der Waals surface area contributed by atoms with E-state index in [1.807, 2.05) is 13.8 Å². The minimum atomic E-state index is -0.906. The van der Waals surface area contributed by atoms with Gasteiger partial charge in [0.25, 0.3) is 0 Å². The third kappa shape index (κ3) is 2.61. The third-order valence-electron chi connectivity index (χ3n) is 2.79. The Morgan fingerprint density at radius 1 is 1.56 bits per heavy atom. The van der Waals surface area contributed by atoms with Gasteiger partial charge in [-0.05, 0) is 59.0 Å². The van der Waals surface area contributed by atoms with E-state index in [0.717, 1.165) is 11.1 Å². The zero-order valence-corrected chi connectivity index (χ0v) is 11.1. The topological polar surface area (TPSA) is 37.3 Å². The second kappa shape index (κ2) is 4.95. The van der Waals surface area contributed by atoms with Crippen LogP contribution in [0.5, 0.6) is 0 Å². The Morgan fingerprint density at radius 3 is 2.62 bits per heavy atom. The number of aliphatic carboxylic acids is 1. The highest BCUT2D eigenvalue weighted by molar-refractivity contribution is 9.10. The van der Waals surface area contributed by atoms with Crippen molar-refractivity contribution in [2.24, 2.45) is 5.92 Å². The Hall–Kier alpha value is -0.900. The van der Waals surface area contributed by atoms with Crippen LogP contribution >= 0.6 is 15.9 Å². The van der Waals surface area contributed by atoms with E-state index in [9.17, 15) is 9.18 Å². The van der Waals surface area contributed by atoms with Crippen LogP contribution in [0.25, 0.3) is 0 Å². The maximum Gasteiger partial charge on any atom is 0.306 e. The first-order chi connectivity index (χ1) is 7.34. The number of hydrogen-bond acceptors (Lipinski definition) is 1. The molecule has 0 saturated carbocycles. The second-order valence-corrected chi connectivity index (χ2v) is 4.89. The summed E-state index contributed by atoms with van der Waals surface area (Å²) in [5, 5.41) is 8.83. The average molecular weight is 289 g/mol. The zero-order valence-electron chi connectivity index (χ0n) is 9.47. The lowest BCUT2D eigenvalue weighted by Gasteiger charge is -2.13. The minimum absolute atomic E-state index is 0.216. The molecule has 88 valence electrons. The number of carbonyl (C=O) groups is 1. The molecule has 1 unspecified atom stereocenters. The van der Waals surface area contributed by atoms with Gasteiger partial charge < -0.3 is 5.11 Å². The molecule has 0 aliphatic carbocycles. The van der Waals surface area contributed by atoms with Crippen molar-refractivity contribution in [1.82, 2.24) is 0 Å². The molecule has 0 aromatic heterocycles. The van der Waals surface area contributed by atoms with Gasteiger partial charge in [0, 0.05) is 0 Å². The quantitative estimate of drug-likeness (QED) is 0.925. The first-order valence-corrected chi connectivity index (χ1v) is 5.80. The maximum atomic E-state index is 13.8. The van der Waals surface area contributed by atoms with E-state index in [4.69, 9.17) is 5.11 Å². The van der Waals surface area contributed by atoms with Crippen molar-refractivity contribution in [3.8, 4) is 0 Å². The number of halogens is 2. The molecule has 1 rings (SSSR count). The maximum absolute atomic E-state index is 13.8. The standard InChI is InChI=1S/C12H14BrFO2/c1-6-5-10(13)11(14)9(8(6)3)4-7(2)12(15)16/h5,7H,4H2,1-3H3,(H,15,16). The summed E-state index contributed by atoms with van der Waals surface area (Å²) in [6.07, 6.45) is 0.216. The number of hydrogen-bond donors (Lipinski definition) is 1. The highest BCUT2D eigenvalue weighted by atomic mass is 79.9. The lowest BCUT2D eigenvalue weighted by molar-refractivity contribution is -0.141. The van der Waals surface area contributed by atoms with Crippen molar-refractivity contribution >= 4 is 21.9 Å². The fraction of sp³-hybridized carbons (Fsp3) is 0.417. The largest absolute Gasteiger partial charge is 0.481 e. The Kier molecular flexibility index (Phi) is 4.08. The molecule has 0 heterocycles. The number of benzene rings is 1. The molecule has 0 spiro atoms. The van der Waals surface area contributed by atoms with Crippen LogP contribution in [-0.4, -0.2) is 11.1 Å². The van der Waals surface area contributed by atoms with Crippen LogP contribution in [0.15, 0.2) is 10.5 Å². The molecule has 0 amide bonds. The molecule has 0 radical (unpaired) electrons. The normalized spacial score (nSPS) is 12.6. The van der Waals surface area contributed by atoms with Crippen molar-refractivity contribution in [3.63, 3.8) is 0 Å². The Balaban J connectivity index is 3.17. The number of carboxylic acids is 1. The van der Waals surface area contributed by atoms with Gasteiger partial charge in [0.05, 0.1) is 10.4 Å². The molecule has 0 bridgehead atoms. The molecular weight excluding hydrogens is 275 g/mol. The van der Waals surface area contributed by atoms with Crippen LogP contribution in [0.1, 0.15) is 23.6 Å². The number of aryl methyl sites for hydroxylation is 1. The summed E-state index contributed by atoms with van der Waals surface area (Å²) >= 11 is 3.14. The van der Waals surface area contributed by atoms with E-state index < -0.39 is 11.9 Å². The first kappa shape index (κ1) is 13.2. The first-order valence-electron chi connectivity index (χ1n) is 5.01. The molecule has 0 aliphatic rings. The SMILES string of the molecule is Cc1cc(Br)c(F)c(CC(C)C(=O)O)c1C. The van der Waals surface area contributed by atoms with Crippen LogP contribution in [0.3, 0.4) is 0 Å². The lowest BCUT2D eigenvalue weighted by atomic mass is 9.94. The fourth-order valence-corrected chi connectivity index (χ4v) is 2.13. The van der Waals surface area contributed by atoms with Crippen molar-refractivity contribution in [1.29, 1.82) is 0 Å². The van der Waals surface area contributed by atoms with E-state index in [0.29, 0.717) is 10.0 Å². The van der Waals surface area contributed by atoms with E-state index in [1.54, 1.807) is 13.0 Å². The van der Waals surface area contributed by atoms with Gasteiger partial charge in [-0.2, -0.15) is 0 Å². The predicted molar refractivity (Wildman–Crippen MR) is 64.1 cm³/mol. The van der Waals surface area contributed by atoms with Gasteiger partial charge in [-0.15, -0.1) is 0 Å². The predicted octanol–water partition coefficient (Wildman–Crippen LogP) is 3.47. The van der Waals surface area contributed by atoms with E-state index >= 15 is 0 Å². The van der Waals surface area contributed by atoms with Crippen LogP contribution in [0.2, 0.25) is 0 Å².